The molecule has 15 heavy (non-hydrogen) atoms. The molecule has 0 atom stereocenters. The molecule has 0 unspecified atom stereocenters. The Kier molecular flexibility index (Phi) is 3.54. The number of nitrogens with zero attached hydrogens (tertiary/aromatic N) is 3. The Balaban J connectivity index is 2.92. The Morgan fingerprint density at radius 3 is 2.53 bits per heavy atom. The van der Waals surface area contributed by atoms with Gasteiger partial charge in [0.2, 0.25) is 0 Å². The lowest BCUT2D eigenvalue weighted by Crippen LogP contribution is -2.30. The molecule has 0 fully saturated rings. The molecular weight excluding hydrogens is 256 g/mol. The van der Waals surface area contributed by atoms with E-state index in [1.54, 1.807) is 0 Å². The monoisotopic (exact) mass is 272 g/mol. The van der Waals surface area contributed by atoms with Crippen LogP contribution in [-0.4, -0.2) is 23.6 Å². The minimum Gasteiger partial charge on any atom is -0.383 e. The Labute approximate surface area is 99.0 Å². The van der Waals surface area contributed by atoms with Gasteiger partial charge in [-0.05, 0) is 21.3 Å². The molecule has 2 N–H and O–H groups in total. The fraction of sp³-hybridized carbons (Fsp3) is 0.600. The zero-order valence-electron chi connectivity index (χ0n) is 9.58. The quantitative estimate of drug-likeness (QED) is 0.898. The number of nitrogen functional groups attached to an aromatic ring is 1. The molecule has 0 radical (unpaired) electrons. The first-order valence-corrected chi connectivity index (χ1v) is 5.57. The maximum absolute atomic E-state index is 5.70. The summed E-state index contributed by atoms with van der Waals surface area (Å²) in [4.78, 5) is 10.2. The van der Waals surface area contributed by atoms with Crippen LogP contribution in [0.2, 0.25) is 0 Å². The molecule has 0 saturated heterocycles. The molecule has 1 aromatic heterocycles. The van der Waals surface area contributed by atoms with E-state index in [9.17, 15) is 0 Å². The van der Waals surface area contributed by atoms with Crippen LogP contribution < -0.4 is 10.6 Å². The Hall–Kier alpha value is -0.840. The van der Waals surface area contributed by atoms with E-state index in [4.69, 9.17) is 5.73 Å². The standard InChI is InChI=1S/C10H17BrN4/c1-10(2,3)5-15(4)9-7(11)8(12)13-6-14-9/h6H,5H2,1-4H3,(H2,12,13,14). The summed E-state index contributed by atoms with van der Waals surface area (Å²) in [6.45, 7) is 7.45. The zero-order valence-corrected chi connectivity index (χ0v) is 11.2. The van der Waals surface area contributed by atoms with Gasteiger partial charge in [0.05, 0.1) is 0 Å². The highest BCUT2D eigenvalue weighted by Gasteiger charge is 2.17. The second-order valence-electron chi connectivity index (χ2n) is 4.81. The van der Waals surface area contributed by atoms with Crippen molar-refractivity contribution < 1.29 is 0 Å². The van der Waals surface area contributed by atoms with Gasteiger partial charge in [0, 0.05) is 13.6 Å². The van der Waals surface area contributed by atoms with Crippen LogP contribution in [0.5, 0.6) is 0 Å². The molecular formula is C10H17BrN4. The SMILES string of the molecule is CN(CC(C)(C)C)c1ncnc(N)c1Br. The van der Waals surface area contributed by atoms with Crippen molar-refractivity contribution in [3.8, 4) is 0 Å². The van der Waals surface area contributed by atoms with Crippen LogP contribution in [0.15, 0.2) is 10.8 Å². The number of aromatic nitrogens is 2. The number of halogens is 1. The molecule has 4 nitrogen and oxygen atoms in total. The average Bonchev–Trinajstić information content (AvgIpc) is 2.06. The molecule has 1 aromatic rings. The molecule has 5 heteroatoms. The Morgan fingerprint density at radius 2 is 2.00 bits per heavy atom. The first kappa shape index (κ1) is 12.2. The van der Waals surface area contributed by atoms with Crippen molar-refractivity contribution in [1.29, 1.82) is 0 Å². The maximum atomic E-state index is 5.70. The molecule has 1 rings (SSSR count). The normalized spacial score (nSPS) is 11.5. The Morgan fingerprint density at radius 1 is 1.40 bits per heavy atom. The van der Waals surface area contributed by atoms with Gasteiger partial charge in [-0.3, -0.25) is 0 Å². The molecule has 0 aromatic carbocycles. The van der Waals surface area contributed by atoms with Crippen molar-refractivity contribution in [2.24, 2.45) is 5.41 Å². The summed E-state index contributed by atoms with van der Waals surface area (Å²) in [5, 5.41) is 0. The van der Waals surface area contributed by atoms with Gasteiger partial charge < -0.3 is 10.6 Å². The van der Waals surface area contributed by atoms with Crippen LogP contribution >= 0.6 is 15.9 Å². The predicted octanol–water partition coefficient (Wildman–Crippen LogP) is 2.30. The zero-order chi connectivity index (χ0) is 11.6. The van der Waals surface area contributed by atoms with Crippen LogP contribution in [0.3, 0.4) is 0 Å². The van der Waals surface area contributed by atoms with Crippen molar-refractivity contribution in [2.75, 3.05) is 24.2 Å². The number of nitrogens with two attached hydrogens (primary N) is 1. The average molecular weight is 273 g/mol. The summed E-state index contributed by atoms with van der Waals surface area (Å²) in [5.74, 6) is 1.30. The van der Waals surface area contributed by atoms with E-state index >= 15 is 0 Å². The second-order valence-corrected chi connectivity index (χ2v) is 5.61. The third-order valence-corrected chi connectivity index (χ3v) is 2.63. The van der Waals surface area contributed by atoms with Gasteiger partial charge in [0.25, 0.3) is 0 Å². The number of hydrogen-bond donors (Lipinski definition) is 1. The molecule has 0 aliphatic heterocycles. The number of rotatable bonds is 2. The van der Waals surface area contributed by atoms with Crippen LogP contribution in [-0.2, 0) is 0 Å². The lowest BCUT2D eigenvalue weighted by molar-refractivity contribution is 0.417. The highest BCUT2D eigenvalue weighted by atomic mass is 79.9. The highest BCUT2D eigenvalue weighted by Crippen LogP contribution is 2.28. The smallest absolute Gasteiger partial charge is 0.148 e. The fourth-order valence-electron chi connectivity index (χ4n) is 1.43. The summed E-state index contributed by atoms with van der Waals surface area (Å²) >= 11 is 3.40. The van der Waals surface area contributed by atoms with Gasteiger partial charge in [-0.1, -0.05) is 20.8 Å². The topological polar surface area (TPSA) is 55.0 Å². The first-order chi connectivity index (χ1) is 6.81. The van der Waals surface area contributed by atoms with Crippen molar-refractivity contribution in [1.82, 2.24) is 9.97 Å². The first-order valence-electron chi connectivity index (χ1n) is 4.78. The summed E-state index contributed by atoms with van der Waals surface area (Å²) in [5.41, 5.74) is 5.91. The van der Waals surface area contributed by atoms with Gasteiger partial charge in [0.1, 0.15) is 22.4 Å². The molecule has 0 aliphatic carbocycles. The molecule has 1 heterocycles. The largest absolute Gasteiger partial charge is 0.383 e. The van der Waals surface area contributed by atoms with Crippen molar-refractivity contribution in [2.45, 2.75) is 20.8 Å². The minimum absolute atomic E-state index is 0.216. The van der Waals surface area contributed by atoms with Gasteiger partial charge in [0.15, 0.2) is 0 Å². The molecule has 0 bridgehead atoms. The van der Waals surface area contributed by atoms with E-state index in [1.165, 1.54) is 6.33 Å². The second kappa shape index (κ2) is 4.35. The van der Waals surface area contributed by atoms with E-state index in [0.717, 1.165) is 16.8 Å². The van der Waals surface area contributed by atoms with Crippen molar-refractivity contribution in [3.05, 3.63) is 10.8 Å². The summed E-state index contributed by atoms with van der Waals surface area (Å²) in [6, 6.07) is 0. The lowest BCUT2D eigenvalue weighted by atomic mass is 9.96. The van der Waals surface area contributed by atoms with Crippen LogP contribution in [0.25, 0.3) is 0 Å². The minimum atomic E-state index is 0.216. The molecule has 0 aliphatic rings. The molecule has 0 saturated carbocycles. The summed E-state index contributed by atoms with van der Waals surface area (Å²) < 4.78 is 0.761. The van der Waals surface area contributed by atoms with Gasteiger partial charge in [-0.2, -0.15) is 0 Å². The molecule has 0 spiro atoms. The molecule has 84 valence electrons. The van der Waals surface area contributed by atoms with E-state index in [-0.39, 0.29) is 5.41 Å². The molecule has 0 amide bonds. The van der Waals surface area contributed by atoms with Crippen molar-refractivity contribution >= 4 is 27.6 Å². The predicted molar refractivity (Wildman–Crippen MR) is 66.9 cm³/mol. The van der Waals surface area contributed by atoms with E-state index in [1.807, 2.05) is 7.05 Å². The summed E-state index contributed by atoms with van der Waals surface area (Å²) in [6.07, 6.45) is 1.48. The van der Waals surface area contributed by atoms with Crippen molar-refractivity contribution in [3.63, 3.8) is 0 Å². The fourth-order valence-corrected chi connectivity index (χ4v) is 1.93. The third kappa shape index (κ3) is 3.34. The van der Waals surface area contributed by atoms with E-state index < -0.39 is 0 Å². The highest BCUT2D eigenvalue weighted by molar-refractivity contribution is 9.10. The number of hydrogen-bond acceptors (Lipinski definition) is 4. The number of anilines is 2. The van der Waals surface area contributed by atoms with E-state index in [2.05, 4.69) is 51.6 Å². The van der Waals surface area contributed by atoms with Gasteiger partial charge in [-0.15, -0.1) is 0 Å². The van der Waals surface area contributed by atoms with Gasteiger partial charge in [-0.25, -0.2) is 9.97 Å². The third-order valence-electron chi connectivity index (χ3n) is 1.87. The van der Waals surface area contributed by atoms with Gasteiger partial charge >= 0.3 is 0 Å². The maximum Gasteiger partial charge on any atom is 0.148 e. The van der Waals surface area contributed by atoms with Crippen LogP contribution in [0.4, 0.5) is 11.6 Å². The Bertz CT molecular complexity index is 346. The summed E-state index contributed by atoms with van der Waals surface area (Å²) in [7, 11) is 2.00. The van der Waals surface area contributed by atoms with E-state index in [0.29, 0.717) is 5.82 Å². The lowest BCUT2D eigenvalue weighted by Gasteiger charge is -2.28. The van der Waals surface area contributed by atoms with Crippen LogP contribution in [0, 0.1) is 5.41 Å². The van der Waals surface area contributed by atoms with Crippen LogP contribution in [0.1, 0.15) is 20.8 Å².